The Kier molecular flexibility index (Phi) is 4.43. The summed E-state index contributed by atoms with van der Waals surface area (Å²) in [4.78, 5) is 26.7. The number of esters is 1. The molecule has 0 fully saturated rings. The average molecular weight is 274 g/mol. The van der Waals surface area contributed by atoms with Crippen molar-refractivity contribution < 1.29 is 14.3 Å². The predicted octanol–water partition coefficient (Wildman–Crippen LogP) is 1.16. The Morgan fingerprint density at radius 3 is 2.75 bits per heavy atom. The van der Waals surface area contributed by atoms with Crippen molar-refractivity contribution in [1.82, 2.24) is 15.2 Å². The van der Waals surface area contributed by atoms with E-state index in [1.165, 1.54) is 7.11 Å². The van der Waals surface area contributed by atoms with Crippen LogP contribution in [0.5, 0.6) is 0 Å². The summed E-state index contributed by atoms with van der Waals surface area (Å²) < 4.78 is 4.47. The standard InChI is InChI=1S/C13H14N4O3/c1-20-12(19)11-15-13(17-16-11)14-10(18)8-7-9-5-3-2-4-6-9/h2-6H,7-8H2,1H3,(H2,14,15,16,17,18). The number of aromatic amines is 1. The molecule has 1 amide bonds. The van der Waals surface area contributed by atoms with E-state index in [2.05, 4.69) is 25.2 Å². The molecule has 2 N–H and O–H groups in total. The lowest BCUT2D eigenvalue weighted by Crippen LogP contribution is -2.13. The number of hydrogen-bond acceptors (Lipinski definition) is 5. The number of nitrogens with zero attached hydrogens (tertiary/aromatic N) is 2. The number of carbonyl (C=O) groups is 2. The summed E-state index contributed by atoms with van der Waals surface area (Å²) in [5.41, 5.74) is 1.08. The highest BCUT2D eigenvalue weighted by Crippen LogP contribution is 2.05. The van der Waals surface area contributed by atoms with Crippen LogP contribution in [0, 0.1) is 0 Å². The van der Waals surface area contributed by atoms with Crippen LogP contribution in [0.15, 0.2) is 30.3 Å². The second-order valence-corrected chi connectivity index (χ2v) is 4.03. The molecule has 2 aromatic rings. The Morgan fingerprint density at radius 1 is 1.30 bits per heavy atom. The van der Waals surface area contributed by atoms with Gasteiger partial charge < -0.3 is 4.74 Å². The van der Waals surface area contributed by atoms with Gasteiger partial charge >= 0.3 is 5.97 Å². The van der Waals surface area contributed by atoms with Crippen LogP contribution >= 0.6 is 0 Å². The third-order valence-electron chi connectivity index (χ3n) is 2.60. The van der Waals surface area contributed by atoms with Gasteiger partial charge in [0.15, 0.2) is 0 Å². The number of nitrogens with one attached hydrogen (secondary N) is 2. The predicted molar refractivity (Wildman–Crippen MR) is 71.1 cm³/mol. The van der Waals surface area contributed by atoms with E-state index in [1.807, 2.05) is 30.3 Å². The Morgan fingerprint density at radius 2 is 2.05 bits per heavy atom. The zero-order chi connectivity index (χ0) is 14.4. The van der Waals surface area contributed by atoms with Crippen molar-refractivity contribution in [3.63, 3.8) is 0 Å². The highest BCUT2D eigenvalue weighted by Gasteiger charge is 2.13. The summed E-state index contributed by atoms with van der Waals surface area (Å²) >= 11 is 0. The number of H-pyrrole nitrogens is 1. The van der Waals surface area contributed by atoms with Gasteiger partial charge in [-0.1, -0.05) is 30.3 Å². The van der Waals surface area contributed by atoms with E-state index < -0.39 is 5.97 Å². The first kappa shape index (κ1) is 13.7. The number of aryl methyl sites for hydroxylation is 1. The number of carbonyl (C=O) groups excluding carboxylic acids is 2. The largest absolute Gasteiger partial charge is 0.463 e. The van der Waals surface area contributed by atoms with Crippen molar-refractivity contribution in [2.24, 2.45) is 0 Å². The Labute approximate surface area is 115 Å². The van der Waals surface area contributed by atoms with Crippen LogP contribution in [0.2, 0.25) is 0 Å². The minimum absolute atomic E-state index is 0.0501. The molecule has 0 saturated carbocycles. The second-order valence-electron chi connectivity index (χ2n) is 4.03. The van der Waals surface area contributed by atoms with Gasteiger partial charge in [0.25, 0.3) is 0 Å². The Bertz CT molecular complexity index is 595. The van der Waals surface area contributed by atoms with Crippen molar-refractivity contribution >= 4 is 17.8 Å². The van der Waals surface area contributed by atoms with Gasteiger partial charge in [-0.2, -0.15) is 4.98 Å². The SMILES string of the molecule is COC(=O)c1nc(NC(=O)CCc2ccccc2)n[nH]1. The molecule has 1 aromatic heterocycles. The first-order valence-corrected chi connectivity index (χ1v) is 6.03. The lowest BCUT2D eigenvalue weighted by molar-refractivity contribution is -0.116. The Hall–Kier alpha value is -2.70. The topological polar surface area (TPSA) is 97.0 Å². The van der Waals surface area contributed by atoms with Crippen LogP contribution in [0.4, 0.5) is 5.95 Å². The summed E-state index contributed by atoms with van der Waals surface area (Å²) in [5.74, 6) is -0.846. The highest BCUT2D eigenvalue weighted by atomic mass is 16.5. The number of hydrogen-bond donors (Lipinski definition) is 2. The minimum Gasteiger partial charge on any atom is -0.463 e. The summed E-state index contributed by atoms with van der Waals surface area (Å²) in [7, 11) is 1.24. The zero-order valence-corrected chi connectivity index (χ0v) is 10.9. The number of ether oxygens (including phenoxy) is 1. The van der Waals surface area contributed by atoms with E-state index >= 15 is 0 Å². The maximum Gasteiger partial charge on any atom is 0.375 e. The summed E-state index contributed by atoms with van der Waals surface area (Å²) in [6, 6.07) is 9.67. The molecule has 0 atom stereocenters. The molecule has 1 heterocycles. The normalized spacial score (nSPS) is 10.1. The van der Waals surface area contributed by atoms with Gasteiger partial charge in [-0.15, -0.1) is 5.10 Å². The van der Waals surface area contributed by atoms with E-state index in [-0.39, 0.29) is 17.7 Å². The molecule has 0 unspecified atom stereocenters. The molecule has 20 heavy (non-hydrogen) atoms. The second kappa shape index (κ2) is 6.46. The van der Waals surface area contributed by atoms with E-state index in [4.69, 9.17) is 0 Å². The number of methoxy groups -OCH3 is 1. The third kappa shape index (κ3) is 3.64. The maximum atomic E-state index is 11.7. The molecule has 0 saturated heterocycles. The van der Waals surface area contributed by atoms with Gasteiger partial charge in [0.1, 0.15) is 0 Å². The fourth-order valence-corrected chi connectivity index (χ4v) is 1.60. The molecule has 0 aliphatic carbocycles. The van der Waals surface area contributed by atoms with Crippen LogP contribution in [0.1, 0.15) is 22.6 Å². The minimum atomic E-state index is -0.637. The van der Waals surface area contributed by atoms with Crippen LogP contribution < -0.4 is 5.32 Å². The van der Waals surface area contributed by atoms with Crippen molar-refractivity contribution in [1.29, 1.82) is 0 Å². The van der Waals surface area contributed by atoms with Gasteiger partial charge in [-0.05, 0) is 12.0 Å². The maximum absolute atomic E-state index is 11.7. The lowest BCUT2D eigenvalue weighted by Gasteiger charge is -2.01. The van der Waals surface area contributed by atoms with Crippen LogP contribution in [-0.4, -0.2) is 34.2 Å². The molecular formula is C13H14N4O3. The quantitative estimate of drug-likeness (QED) is 0.797. The van der Waals surface area contributed by atoms with Gasteiger partial charge in [-0.25, -0.2) is 4.79 Å². The molecule has 0 aliphatic rings. The fourth-order valence-electron chi connectivity index (χ4n) is 1.60. The van der Waals surface area contributed by atoms with Gasteiger partial charge in [-0.3, -0.25) is 15.2 Å². The number of amides is 1. The summed E-state index contributed by atoms with van der Waals surface area (Å²) in [6.45, 7) is 0. The fraction of sp³-hybridized carbons (Fsp3) is 0.231. The first-order chi connectivity index (χ1) is 9.69. The summed E-state index contributed by atoms with van der Waals surface area (Å²) in [5, 5.41) is 8.61. The monoisotopic (exact) mass is 274 g/mol. The average Bonchev–Trinajstić information content (AvgIpc) is 2.94. The number of benzene rings is 1. The van der Waals surface area contributed by atoms with E-state index in [9.17, 15) is 9.59 Å². The molecular weight excluding hydrogens is 260 g/mol. The zero-order valence-electron chi connectivity index (χ0n) is 10.9. The molecule has 1 aromatic carbocycles. The summed E-state index contributed by atoms with van der Waals surface area (Å²) in [6.07, 6.45) is 0.938. The van der Waals surface area contributed by atoms with E-state index in [0.29, 0.717) is 12.8 Å². The molecule has 0 aliphatic heterocycles. The van der Waals surface area contributed by atoms with Crippen molar-refractivity contribution in [2.75, 3.05) is 12.4 Å². The molecule has 0 spiro atoms. The third-order valence-corrected chi connectivity index (χ3v) is 2.60. The van der Waals surface area contributed by atoms with Crippen LogP contribution in [-0.2, 0) is 16.0 Å². The molecule has 104 valence electrons. The molecule has 7 nitrogen and oxygen atoms in total. The van der Waals surface area contributed by atoms with E-state index in [0.717, 1.165) is 5.56 Å². The highest BCUT2D eigenvalue weighted by molar-refractivity contribution is 5.90. The van der Waals surface area contributed by atoms with Gasteiger partial charge in [0.2, 0.25) is 17.7 Å². The number of aromatic nitrogens is 3. The van der Waals surface area contributed by atoms with Crippen LogP contribution in [0.3, 0.4) is 0 Å². The molecule has 7 heteroatoms. The van der Waals surface area contributed by atoms with Crippen molar-refractivity contribution in [3.05, 3.63) is 41.7 Å². The molecule has 0 radical (unpaired) electrons. The number of rotatable bonds is 5. The molecule has 0 bridgehead atoms. The lowest BCUT2D eigenvalue weighted by atomic mass is 10.1. The van der Waals surface area contributed by atoms with E-state index in [1.54, 1.807) is 0 Å². The molecule has 2 rings (SSSR count). The Balaban J connectivity index is 1.85. The van der Waals surface area contributed by atoms with Gasteiger partial charge in [0.05, 0.1) is 7.11 Å². The smallest absolute Gasteiger partial charge is 0.375 e. The van der Waals surface area contributed by atoms with Gasteiger partial charge in [0, 0.05) is 6.42 Å². The first-order valence-electron chi connectivity index (χ1n) is 6.03. The van der Waals surface area contributed by atoms with Crippen molar-refractivity contribution in [3.8, 4) is 0 Å². The van der Waals surface area contributed by atoms with Crippen LogP contribution in [0.25, 0.3) is 0 Å². The number of anilines is 1. The van der Waals surface area contributed by atoms with Crippen molar-refractivity contribution in [2.45, 2.75) is 12.8 Å².